The molecule has 1 aromatic carbocycles. The van der Waals surface area contributed by atoms with Crippen LogP contribution in [0.25, 0.3) is 0 Å². The van der Waals surface area contributed by atoms with Crippen LogP contribution in [0.3, 0.4) is 0 Å². The Labute approximate surface area is 91.7 Å². The van der Waals surface area contributed by atoms with Gasteiger partial charge in [0.05, 0.1) is 27.7 Å². The lowest BCUT2D eigenvalue weighted by atomic mass is 10.2. The van der Waals surface area contributed by atoms with Crippen LogP contribution in [0.15, 0.2) is 30.3 Å². The highest BCUT2D eigenvalue weighted by atomic mass is 32.2. The van der Waals surface area contributed by atoms with E-state index >= 15 is 0 Å². The van der Waals surface area contributed by atoms with Crippen LogP contribution in [0.1, 0.15) is 5.56 Å². The van der Waals surface area contributed by atoms with E-state index in [0.717, 1.165) is 10.2 Å². The van der Waals surface area contributed by atoms with Crippen LogP contribution in [-0.2, 0) is 5.75 Å². The van der Waals surface area contributed by atoms with Crippen molar-refractivity contribution in [1.29, 1.82) is 0 Å². The fourth-order valence-electron chi connectivity index (χ4n) is 1.10. The number of benzene rings is 1. The van der Waals surface area contributed by atoms with Crippen molar-refractivity contribution >= 4 is 11.8 Å². The number of thioether (sulfide) groups is 1. The Morgan fingerprint density at radius 2 is 1.71 bits per heavy atom. The van der Waals surface area contributed by atoms with Gasteiger partial charge in [0, 0.05) is 11.5 Å². The summed E-state index contributed by atoms with van der Waals surface area (Å²) in [6.07, 6.45) is 0. The summed E-state index contributed by atoms with van der Waals surface area (Å²) in [4.78, 5) is 0. The van der Waals surface area contributed by atoms with Crippen LogP contribution < -0.4 is 0 Å². The summed E-state index contributed by atoms with van der Waals surface area (Å²) in [5.74, 6) is 2.37. The first-order valence-electron chi connectivity index (χ1n) is 5.00. The second-order valence-electron chi connectivity index (χ2n) is 4.55. The van der Waals surface area contributed by atoms with Crippen molar-refractivity contribution in [2.75, 3.05) is 33.4 Å². The first-order valence-corrected chi connectivity index (χ1v) is 6.15. The summed E-state index contributed by atoms with van der Waals surface area (Å²) < 4.78 is 1.06. The molecule has 0 heterocycles. The molecule has 0 aliphatic rings. The third-order valence-corrected chi connectivity index (χ3v) is 3.03. The molecule has 0 amide bonds. The normalized spacial score (nSPS) is 11.6. The van der Waals surface area contributed by atoms with Crippen LogP contribution in [0.4, 0.5) is 0 Å². The van der Waals surface area contributed by atoms with E-state index in [1.54, 1.807) is 0 Å². The zero-order valence-corrected chi connectivity index (χ0v) is 10.2. The molecule has 1 rings (SSSR count). The Hall–Kier alpha value is -0.470. The molecule has 78 valence electrons. The molecule has 0 aromatic heterocycles. The lowest BCUT2D eigenvalue weighted by Crippen LogP contribution is -2.36. The Morgan fingerprint density at radius 3 is 2.29 bits per heavy atom. The van der Waals surface area contributed by atoms with Crippen molar-refractivity contribution in [3.63, 3.8) is 0 Å². The molecule has 1 nitrogen and oxygen atoms in total. The summed E-state index contributed by atoms with van der Waals surface area (Å²) in [7, 11) is 6.72. The number of hydrogen-bond donors (Lipinski definition) is 0. The second-order valence-corrected chi connectivity index (χ2v) is 5.66. The first kappa shape index (κ1) is 11.6. The van der Waals surface area contributed by atoms with Crippen molar-refractivity contribution in [2.45, 2.75) is 5.75 Å². The van der Waals surface area contributed by atoms with E-state index in [1.165, 1.54) is 17.9 Å². The molecule has 0 bridgehead atoms. The van der Waals surface area contributed by atoms with E-state index in [4.69, 9.17) is 0 Å². The van der Waals surface area contributed by atoms with Gasteiger partial charge in [0.25, 0.3) is 0 Å². The summed E-state index contributed by atoms with van der Waals surface area (Å²) in [6, 6.07) is 10.7. The Balaban J connectivity index is 2.17. The SMILES string of the molecule is C[N+](C)(C)CCSCc1ccccc1. The topological polar surface area (TPSA) is 0 Å². The van der Waals surface area contributed by atoms with E-state index in [9.17, 15) is 0 Å². The van der Waals surface area contributed by atoms with Crippen LogP contribution in [0, 0.1) is 0 Å². The Morgan fingerprint density at radius 1 is 1.07 bits per heavy atom. The minimum Gasteiger partial charge on any atom is -0.330 e. The number of quaternary nitrogens is 1. The quantitative estimate of drug-likeness (QED) is 0.532. The van der Waals surface area contributed by atoms with Gasteiger partial charge in [0.15, 0.2) is 0 Å². The molecule has 2 heteroatoms. The van der Waals surface area contributed by atoms with Crippen LogP contribution >= 0.6 is 11.8 Å². The van der Waals surface area contributed by atoms with Gasteiger partial charge in [-0.2, -0.15) is 11.8 Å². The van der Waals surface area contributed by atoms with Crippen LogP contribution in [0.2, 0.25) is 0 Å². The van der Waals surface area contributed by atoms with Gasteiger partial charge >= 0.3 is 0 Å². The van der Waals surface area contributed by atoms with E-state index in [2.05, 4.69) is 51.5 Å². The predicted octanol–water partition coefficient (Wildman–Crippen LogP) is 2.63. The van der Waals surface area contributed by atoms with Crippen molar-refractivity contribution < 1.29 is 4.48 Å². The maximum absolute atomic E-state index is 2.24. The lowest BCUT2D eigenvalue weighted by molar-refractivity contribution is -0.867. The Kier molecular flexibility index (Phi) is 4.49. The van der Waals surface area contributed by atoms with E-state index in [1.807, 2.05) is 11.8 Å². The number of hydrogen-bond acceptors (Lipinski definition) is 1. The van der Waals surface area contributed by atoms with Crippen LogP contribution in [-0.4, -0.2) is 37.9 Å². The van der Waals surface area contributed by atoms with Gasteiger partial charge in [0.1, 0.15) is 0 Å². The minimum atomic E-state index is 1.06. The third kappa shape index (κ3) is 5.30. The first-order chi connectivity index (χ1) is 6.58. The van der Waals surface area contributed by atoms with Crippen LogP contribution in [0.5, 0.6) is 0 Å². The molecule has 0 fully saturated rings. The lowest BCUT2D eigenvalue weighted by Gasteiger charge is -2.23. The molecule has 14 heavy (non-hydrogen) atoms. The molecule has 0 aliphatic heterocycles. The smallest absolute Gasteiger partial charge is 0.0872 e. The van der Waals surface area contributed by atoms with Gasteiger partial charge in [-0.05, 0) is 5.56 Å². The summed E-state index contributed by atoms with van der Waals surface area (Å²) in [6.45, 7) is 1.23. The average molecular weight is 210 g/mol. The summed E-state index contributed by atoms with van der Waals surface area (Å²) >= 11 is 2.02. The molecular formula is C12H20NS+. The zero-order chi connectivity index (χ0) is 10.4. The molecule has 0 spiro atoms. The van der Waals surface area contributed by atoms with Gasteiger partial charge in [-0.3, -0.25) is 0 Å². The van der Waals surface area contributed by atoms with E-state index < -0.39 is 0 Å². The second kappa shape index (κ2) is 5.42. The van der Waals surface area contributed by atoms with Gasteiger partial charge in [0.2, 0.25) is 0 Å². The van der Waals surface area contributed by atoms with Gasteiger partial charge < -0.3 is 4.48 Å². The molecule has 0 N–H and O–H groups in total. The fourth-order valence-corrected chi connectivity index (χ4v) is 2.35. The summed E-state index contributed by atoms with van der Waals surface area (Å²) in [5.41, 5.74) is 1.43. The molecule has 0 atom stereocenters. The van der Waals surface area contributed by atoms with Crippen molar-refractivity contribution in [1.82, 2.24) is 0 Å². The Bertz CT molecular complexity index is 251. The highest BCUT2D eigenvalue weighted by Crippen LogP contribution is 2.11. The highest BCUT2D eigenvalue weighted by Gasteiger charge is 2.05. The van der Waals surface area contributed by atoms with Crippen molar-refractivity contribution in [2.24, 2.45) is 0 Å². The number of rotatable bonds is 5. The largest absolute Gasteiger partial charge is 0.330 e. The fraction of sp³-hybridized carbons (Fsp3) is 0.500. The average Bonchev–Trinajstić information content (AvgIpc) is 2.13. The molecule has 1 aromatic rings. The molecule has 0 aliphatic carbocycles. The molecular weight excluding hydrogens is 190 g/mol. The molecule has 0 saturated carbocycles. The predicted molar refractivity (Wildman–Crippen MR) is 65.5 cm³/mol. The summed E-state index contributed by atoms with van der Waals surface area (Å²) in [5, 5.41) is 0. The number of nitrogens with zero attached hydrogens (tertiary/aromatic N) is 1. The molecule has 0 saturated heterocycles. The minimum absolute atomic E-state index is 1.06. The van der Waals surface area contributed by atoms with E-state index in [0.29, 0.717) is 0 Å². The van der Waals surface area contributed by atoms with Crippen molar-refractivity contribution in [3.05, 3.63) is 35.9 Å². The zero-order valence-electron chi connectivity index (χ0n) is 9.36. The van der Waals surface area contributed by atoms with Gasteiger partial charge in [-0.15, -0.1) is 0 Å². The third-order valence-electron chi connectivity index (χ3n) is 2.02. The maximum Gasteiger partial charge on any atom is 0.0872 e. The van der Waals surface area contributed by atoms with Gasteiger partial charge in [-0.25, -0.2) is 0 Å². The van der Waals surface area contributed by atoms with E-state index in [-0.39, 0.29) is 0 Å². The van der Waals surface area contributed by atoms with Gasteiger partial charge in [-0.1, -0.05) is 30.3 Å². The van der Waals surface area contributed by atoms with Crippen molar-refractivity contribution in [3.8, 4) is 0 Å². The monoisotopic (exact) mass is 210 g/mol. The highest BCUT2D eigenvalue weighted by molar-refractivity contribution is 7.98. The maximum atomic E-state index is 2.24. The standard InChI is InChI=1S/C12H20NS/c1-13(2,3)9-10-14-11-12-7-5-4-6-8-12/h4-8H,9-11H2,1-3H3/q+1. The molecule has 0 unspecified atom stereocenters. The molecule has 0 radical (unpaired) electrons.